The number of alkyl halides is 4. The number of carbonyl (C=O) groups excluding carboxylic acids is 1. The first-order valence-corrected chi connectivity index (χ1v) is 12.7. The second kappa shape index (κ2) is 11.6. The summed E-state index contributed by atoms with van der Waals surface area (Å²) in [6.07, 6.45) is -2.69. The first-order valence-electron chi connectivity index (χ1n) is 11.2. The van der Waals surface area contributed by atoms with Crippen LogP contribution in [0.25, 0.3) is 11.3 Å². The van der Waals surface area contributed by atoms with Crippen LogP contribution in [0.5, 0.6) is 5.75 Å². The minimum Gasteiger partial charge on any atom is -0.491 e. The first-order chi connectivity index (χ1) is 18.9. The van der Waals surface area contributed by atoms with E-state index in [0.717, 1.165) is 12.1 Å². The molecule has 0 fully saturated rings. The van der Waals surface area contributed by atoms with E-state index in [9.17, 15) is 35.2 Å². The predicted octanol–water partition coefficient (Wildman–Crippen LogP) is 4.57. The Morgan fingerprint density at radius 1 is 1.10 bits per heavy atom. The second-order valence-electron chi connectivity index (χ2n) is 8.07. The minimum absolute atomic E-state index is 0.0702. The van der Waals surface area contributed by atoms with Gasteiger partial charge in [0.1, 0.15) is 28.6 Å². The molecule has 0 saturated heterocycles. The number of amides is 1. The maximum absolute atomic E-state index is 13.2. The number of carbonyl (C=O) groups is 1. The van der Waals surface area contributed by atoms with E-state index >= 15 is 0 Å². The molecule has 0 atom stereocenters. The summed E-state index contributed by atoms with van der Waals surface area (Å²) in [5, 5.41) is 12.5. The highest BCUT2D eigenvalue weighted by Crippen LogP contribution is 2.35. The molecular weight excluding hydrogens is 567 g/mol. The van der Waals surface area contributed by atoms with E-state index in [1.165, 1.54) is 36.4 Å². The molecule has 11 nitrogen and oxygen atoms in total. The van der Waals surface area contributed by atoms with Crippen LogP contribution in [0.15, 0.2) is 53.1 Å². The number of nitrogens with one attached hydrogen (secondary N) is 3. The molecular formula is C23H19F5N6O5S. The molecule has 2 aromatic heterocycles. The highest BCUT2D eigenvalue weighted by Gasteiger charge is 2.27. The molecule has 0 aliphatic rings. The molecule has 17 heteroatoms. The zero-order chi connectivity index (χ0) is 29.0. The van der Waals surface area contributed by atoms with Crippen molar-refractivity contribution in [2.24, 2.45) is 5.73 Å². The summed E-state index contributed by atoms with van der Waals surface area (Å²) in [6.45, 7) is -0.0762. The maximum atomic E-state index is 13.2. The highest BCUT2D eigenvalue weighted by atomic mass is 32.2. The van der Waals surface area contributed by atoms with Crippen LogP contribution in [0, 0.1) is 5.82 Å². The average molecular weight is 586 g/mol. The van der Waals surface area contributed by atoms with Crippen LogP contribution in [0.3, 0.4) is 0 Å². The molecule has 2 heterocycles. The zero-order valence-corrected chi connectivity index (χ0v) is 20.8. The van der Waals surface area contributed by atoms with Crippen molar-refractivity contribution in [3.05, 3.63) is 71.2 Å². The average Bonchev–Trinajstić information content (AvgIpc) is 3.54. The van der Waals surface area contributed by atoms with Gasteiger partial charge in [0.2, 0.25) is 5.76 Å². The number of primary amides is 1. The normalized spacial score (nSPS) is 11.7. The van der Waals surface area contributed by atoms with Gasteiger partial charge in [-0.25, -0.2) is 21.6 Å². The van der Waals surface area contributed by atoms with Crippen LogP contribution >= 0.6 is 0 Å². The monoisotopic (exact) mass is 586 g/mol. The number of benzene rings is 2. The summed E-state index contributed by atoms with van der Waals surface area (Å²) in [4.78, 5) is 12.3. The lowest BCUT2D eigenvalue weighted by Crippen LogP contribution is -2.21. The molecule has 0 unspecified atom stereocenters. The molecule has 1 amide bonds. The molecule has 4 aromatic rings. The molecule has 2 aromatic carbocycles. The number of halogens is 5. The molecule has 212 valence electrons. The number of nitrogens with two attached hydrogens (primary N) is 1. The highest BCUT2D eigenvalue weighted by molar-refractivity contribution is 7.93. The molecule has 0 aliphatic heterocycles. The number of aromatic nitrogens is 3. The SMILES string of the molecule is NC(=O)c1c(-c2ccc(NS(=O)(=O)C(F)F)c(OCCc3ccc(F)cc3)c2)n[nH]c1Nc1cc(C(F)F)on1. The van der Waals surface area contributed by atoms with Gasteiger partial charge in [0.05, 0.1) is 12.3 Å². The van der Waals surface area contributed by atoms with E-state index in [1.54, 1.807) is 4.72 Å². The Labute approximate surface area is 222 Å². The van der Waals surface area contributed by atoms with Crippen LogP contribution in [-0.2, 0) is 16.4 Å². The van der Waals surface area contributed by atoms with Gasteiger partial charge in [-0.15, -0.1) is 0 Å². The van der Waals surface area contributed by atoms with Crippen molar-refractivity contribution in [2.45, 2.75) is 18.6 Å². The zero-order valence-electron chi connectivity index (χ0n) is 20.0. The summed E-state index contributed by atoms with van der Waals surface area (Å²) in [5.41, 5.74) is 5.69. The molecule has 0 spiro atoms. The van der Waals surface area contributed by atoms with Gasteiger partial charge in [-0.3, -0.25) is 14.6 Å². The fourth-order valence-electron chi connectivity index (χ4n) is 3.46. The predicted molar refractivity (Wildman–Crippen MR) is 131 cm³/mol. The summed E-state index contributed by atoms with van der Waals surface area (Å²) in [5.74, 6) is -6.42. The maximum Gasteiger partial charge on any atom is 0.355 e. The third-order valence-electron chi connectivity index (χ3n) is 5.31. The van der Waals surface area contributed by atoms with Gasteiger partial charge >= 0.3 is 5.76 Å². The number of hydrogen-bond donors (Lipinski definition) is 4. The van der Waals surface area contributed by atoms with E-state index in [-0.39, 0.29) is 52.9 Å². The number of nitrogens with zero attached hydrogens (tertiary/aromatic N) is 2. The van der Waals surface area contributed by atoms with Crippen LogP contribution in [0.1, 0.15) is 28.1 Å². The van der Waals surface area contributed by atoms with Gasteiger partial charge in [0.15, 0.2) is 5.82 Å². The van der Waals surface area contributed by atoms with E-state index in [0.29, 0.717) is 5.56 Å². The summed E-state index contributed by atoms with van der Waals surface area (Å²) in [7, 11) is -5.07. The van der Waals surface area contributed by atoms with Crippen LogP contribution in [-0.4, -0.2) is 42.0 Å². The van der Waals surface area contributed by atoms with E-state index < -0.39 is 39.7 Å². The van der Waals surface area contributed by atoms with Gasteiger partial charge in [0, 0.05) is 18.1 Å². The molecule has 40 heavy (non-hydrogen) atoms. The number of anilines is 3. The van der Waals surface area contributed by atoms with Gasteiger partial charge in [0.25, 0.3) is 22.4 Å². The topological polar surface area (TPSA) is 165 Å². The van der Waals surface area contributed by atoms with Crippen LogP contribution in [0.4, 0.5) is 39.3 Å². The molecule has 4 rings (SSSR count). The quantitative estimate of drug-likeness (QED) is 0.175. The molecule has 0 saturated carbocycles. The number of ether oxygens (including phenoxy) is 1. The smallest absolute Gasteiger partial charge is 0.355 e. The Balaban J connectivity index is 1.66. The lowest BCUT2D eigenvalue weighted by molar-refractivity contribution is 0.100. The van der Waals surface area contributed by atoms with Crippen molar-refractivity contribution in [1.29, 1.82) is 0 Å². The van der Waals surface area contributed by atoms with Crippen molar-refractivity contribution in [2.75, 3.05) is 16.6 Å². The van der Waals surface area contributed by atoms with E-state index in [4.69, 9.17) is 10.5 Å². The van der Waals surface area contributed by atoms with E-state index in [2.05, 4.69) is 25.2 Å². The van der Waals surface area contributed by atoms with Gasteiger partial charge in [-0.05, 0) is 29.8 Å². The third kappa shape index (κ3) is 6.48. The van der Waals surface area contributed by atoms with Gasteiger partial charge < -0.3 is 20.3 Å². The third-order valence-corrected chi connectivity index (χ3v) is 6.29. The Kier molecular flexibility index (Phi) is 8.22. The Morgan fingerprint density at radius 2 is 1.82 bits per heavy atom. The summed E-state index contributed by atoms with van der Waals surface area (Å²) in [6, 6.07) is 9.98. The largest absolute Gasteiger partial charge is 0.491 e. The lowest BCUT2D eigenvalue weighted by atomic mass is 10.1. The Bertz CT molecular complexity index is 1610. The number of hydrogen-bond acceptors (Lipinski definition) is 8. The first kappa shape index (κ1) is 28.3. The van der Waals surface area contributed by atoms with E-state index in [1.807, 2.05) is 0 Å². The number of H-pyrrole nitrogens is 1. The molecule has 5 N–H and O–H groups in total. The van der Waals surface area contributed by atoms with Gasteiger partial charge in [-0.2, -0.15) is 13.9 Å². The van der Waals surface area contributed by atoms with Crippen LogP contribution < -0.4 is 20.5 Å². The number of aromatic amines is 1. The number of rotatable bonds is 12. The van der Waals surface area contributed by atoms with Crippen molar-refractivity contribution in [3.8, 4) is 17.0 Å². The number of sulfonamides is 1. The Hall–Kier alpha value is -4.67. The van der Waals surface area contributed by atoms with Crippen molar-refractivity contribution >= 4 is 33.3 Å². The standard InChI is InChI=1S/C23H19F5N6O5S/c24-13-4-1-11(2-5-13)7-8-38-15-9-12(3-6-14(15)34-40(36,37)23(27)28)19-18(21(29)35)22(32-31-19)30-17-10-16(20(25)26)39-33-17/h1-6,9-10,20,23,34H,7-8H2,(H2,29,35)(H2,30,31,32,33). The van der Waals surface area contributed by atoms with Crippen LogP contribution in [0.2, 0.25) is 0 Å². The fraction of sp³-hybridized carbons (Fsp3) is 0.174. The molecule has 0 aliphatic carbocycles. The Morgan fingerprint density at radius 3 is 2.45 bits per heavy atom. The van der Waals surface area contributed by atoms with Gasteiger partial charge in [-0.1, -0.05) is 23.4 Å². The minimum atomic E-state index is -5.07. The van der Waals surface area contributed by atoms with Crippen molar-refractivity contribution < 1.29 is 44.4 Å². The second-order valence-corrected chi connectivity index (χ2v) is 9.72. The summed E-state index contributed by atoms with van der Waals surface area (Å²) < 4.78 is 100. The van der Waals surface area contributed by atoms with Crippen molar-refractivity contribution in [3.63, 3.8) is 0 Å². The van der Waals surface area contributed by atoms with Crippen molar-refractivity contribution in [1.82, 2.24) is 15.4 Å². The lowest BCUT2D eigenvalue weighted by Gasteiger charge is -2.15. The summed E-state index contributed by atoms with van der Waals surface area (Å²) >= 11 is 0. The molecule has 0 radical (unpaired) electrons. The fourth-order valence-corrected chi connectivity index (χ4v) is 4.03. The molecule has 0 bridgehead atoms.